The topological polar surface area (TPSA) is 18.5 Å². The Morgan fingerprint density at radius 1 is 1.11 bits per heavy atom. The van der Waals surface area contributed by atoms with Crippen LogP contribution in [0.5, 0.6) is 0 Å². The zero-order valence-corrected chi connectivity index (χ0v) is 13.0. The molecule has 1 N–H and O–H groups in total. The molecule has 0 aromatic rings. The molecule has 2 saturated heterocycles. The van der Waals surface area contributed by atoms with Gasteiger partial charge >= 0.3 is 0 Å². The summed E-state index contributed by atoms with van der Waals surface area (Å²) in [5, 5.41) is 3.54. The first-order chi connectivity index (χ1) is 9.25. The van der Waals surface area contributed by atoms with Gasteiger partial charge in [-0.25, -0.2) is 0 Å². The summed E-state index contributed by atoms with van der Waals surface area (Å²) in [5.74, 6) is 0.777. The van der Waals surface area contributed by atoms with E-state index in [0.29, 0.717) is 0 Å². The van der Waals surface area contributed by atoms with E-state index in [0.717, 1.165) is 12.0 Å². The number of nitrogens with one attached hydrogen (secondary N) is 1. The van der Waals surface area contributed by atoms with Gasteiger partial charge in [-0.15, -0.1) is 0 Å². The predicted molar refractivity (Wildman–Crippen MR) is 82.6 cm³/mol. The van der Waals surface area contributed by atoms with Crippen molar-refractivity contribution in [2.45, 2.75) is 52.0 Å². The zero-order valence-electron chi connectivity index (χ0n) is 13.0. The average molecular weight is 267 g/mol. The number of piperidine rings is 1. The molecule has 19 heavy (non-hydrogen) atoms. The van der Waals surface area contributed by atoms with Crippen LogP contribution in [0, 0.1) is 5.92 Å². The van der Waals surface area contributed by atoms with Gasteiger partial charge in [0.05, 0.1) is 0 Å². The molecule has 2 rings (SSSR count). The molecule has 2 aliphatic heterocycles. The third-order valence-corrected chi connectivity index (χ3v) is 4.55. The molecule has 0 amide bonds. The van der Waals surface area contributed by atoms with E-state index in [1.54, 1.807) is 0 Å². The molecule has 0 saturated carbocycles. The number of hydrogen-bond donors (Lipinski definition) is 1. The molecule has 0 radical (unpaired) electrons. The van der Waals surface area contributed by atoms with Crippen LogP contribution in [0.15, 0.2) is 0 Å². The fraction of sp³-hybridized carbons (Fsp3) is 1.00. The summed E-state index contributed by atoms with van der Waals surface area (Å²) in [5.41, 5.74) is 0. The number of nitrogens with zero attached hydrogens (tertiary/aromatic N) is 2. The second-order valence-electron chi connectivity index (χ2n) is 6.79. The summed E-state index contributed by atoms with van der Waals surface area (Å²) in [6, 6.07) is 0.876. The van der Waals surface area contributed by atoms with Crippen molar-refractivity contribution in [1.29, 1.82) is 0 Å². The fourth-order valence-electron chi connectivity index (χ4n) is 3.40. The molecule has 0 spiro atoms. The van der Waals surface area contributed by atoms with Crippen molar-refractivity contribution in [3.05, 3.63) is 0 Å². The van der Waals surface area contributed by atoms with Crippen molar-refractivity contribution >= 4 is 0 Å². The zero-order chi connectivity index (χ0) is 13.5. The van der Waals surface area contributed by atoms with Crippen molar-refractivity contribution in [1.82, 2.24) is 15.1 Å². The molecule has 112 valence electrons. The normalized spacial score (nSPS) is 25.7. The van der Waals surface area contributed by atoms with E-state index >= 15 is 0 Å². The number of fused-ring (bicyclic) bond motifs is 1. The van der Waals surface area contributed by atoms with Crippen LogP contribution >= 0.6 is 0 Å². The first-order valence-corrected chi connectivity index (χ1v) is 8.43. The van der Waals surface area contributed by atoms with Crippen molar-refractivity contribution < 1.29 is 0 Å². The highest BCUT2D eigenvalue weighted by Gasteiger charge is 2.28. The lowest BCUT2D eigenvalue weighted by molar-refractivity contribution is 0.0487. The molecule has 1 atom stereocenters. The molecule has 2 fully saturated rings. The summed E-state index contributed by atoms with van der Waals surface area (Å²) < 4.78 is 0. The van der Waals surface area contributed by atoms with Crippen LogP contribution in [0.4, 0.5) is 0 Å². The molecule has 3 heteroatoms. The Labute approximate surface area is 119 Å². The lowest BCUT2D eigenvalue weighted by Crippen LogP contribution is -2.54. The van der Waals surface area contributed by atoms with Crippen LogP contribution in [0.2, 0.25) is 0 Å². The van der Waals surface area contributed by atoms with E-state index in [2.05, 4.69) is 29.0 Å². The van der Waals surface area contributed by atoms with Crippen LogP contribution in [0.3, 0.4) is 0 Å². The first kappa shape index (κ1) is 15.3. The van der Waals surface area contributed by atoms with E-state index in [-0.39, 0.29) is 0 Å². The summed E-state index contributed by atoms with van der Waals surface area (Å²) in [6.07, 6.45) is 7.01. The monoisotopic (exact) mass is 267 g/mol. The molecular formula is C16H33N3. The highest BCUT2D eigenvalue weighted by molar-refractivity contribution is 4.84. The van der Waals surface area contributed by atoms with Gasteiger partial charge in [0.25, 0.3) is 0 Å². The highest BCUT2D eigenvalue weighted by Crippen LogP contribution is 2.21. The van der Waals surface area contributed by atoms with Gasteiger partial charge in [-0.1, -0.05) is 20.3 Å². The van der Waals surface area contributed by atoms with E-state index in [1.807, 2.05) is 0 Å². The Kier molecular flexibility index (Phi) is 6.62. The van der Waals surface area contributed by atoms with Gasteiger partial charge < -0.3 is 10.2 Å². The molecule has 2 heterocycles. The van der Waals surface area contributed by atoms with Crippen molar-refractivity contribution in [2.24, 2.45) is 5.92 Å². The van der Waals surface area contributed by atoms with E-state index in [9.17, 15) is 0 Å². The largest absolute Gasteiger partial charge is 0.316 e. The maximum absolute atomic E-state index is 3.54. The standard InChI is InChI=1S/C16H33N3/c1-15(2)13-17-8-4-6-9-18-11-12-19-10-5-3-7-16(19)14-18/h15-17H,3-14H2,1-2H3. The Bertz CT molecular complexity index is 242. The molecule has 0 aromatic carbocycles. The van der Waals surface area contributed by atoms with Crippen molar-refractivity contribution in [3.8, 4) is 0 Å². The van der Waals surface area contributed by atoms with Crippen LogP contribution in [-0.2, 0) is 0 Å². The van der Waals surface area contributed by atoms with Gasteiger partial charge in [0, 0.05) is 25.7 Å². The molecule has 1 unspecified atom stereocenters. The highest BCUT2D eigenvalue weighted by atomic mass is 15.3. The Hall–Kier alpha value is -0.120. The number of hydrogen-bond acceptors (Lipinski definition) is 3. The van der Waals surface area contributed by atoms with Crippen LogP contribution in [0.25, 0.3) is 0 Å². The van der Waals surface area contributed by atoms with Gasteiger partial charge in [-0.05, 0) is 57.8 Å². The summed E-state index contributed by atoms with van der Waals surface area (Å²) in [4.78, 5) is 5.43. The van der Waals surface area contributed by atoms with Crippen molar-refractivity contribution in [3.63, 3.8) is 0 Å². The molecular weight excluding hydrogens is 234 g/mol. The summed E-state index contributed by atoms with van der Waals surface area (Å²) in [6.45, 7) is 13.5. The van der Waals surface area contributed by atoms with E-state index < -0.39 is 0 Å². The van der Waals surface area contributed by atoms with Crippen LogP contribution in [0.1, 0.15) is 46.0 Å². The maximum Gasteiger partial charge on any atom is 0.0223 e. The predicted octanol–water partition coefficient (Wildman–Crippen LogP) is 2.18. The summed E-state index contributed by atoms with van der Waals surface area (Å²) in [7, 11) is 0. The van der Waals surface area contributed by atoms with Crippen molar-refractivity contribution in [2.75, 3.05) is 45.8 Å². The van der Waals surface area contributed by atoms with Gasteiger partial charge in [0.2, 0.25) is 0 Å². The second kappa shape index (κ2) is 8.23. The quantitative estimate of drug-likeness (QED) is 0.713. The maximum atomic E-state index is 3.54. The number of piperazine rings is 1. The van der Waals surface area contributed by atoms with Gasteiger partial charge in [0.1, 0.15) is 0 Å². The first-order valence-electron chi connectivity index (χ1n) is 8.43. The van der Waals surface area contributed by atoms with E-state index in [1.165, 1.54) is 77.9 Å². The van der Waals surface area contributed by atoms with E-state index in [4.69, 9.17) is 0 Å². The average Bonchev–Trinajstić information content (AvgIpc) is 2.42. The fourth-order valence-corrected chi connectivity index (χ4v) is 3.40. The molecule has 2 aliphatic rings. The third-order valence-electron chi connectivity index (χ3n) is 4.55. The smallest absolute Gasteiger partial charge is 0.0223 e. The SMILES string of the molecule is CC(C)CNCCCCN1CCN2CCCCC2C1. The Morgan fingerprint density at radius 2 is 2.00 bits per heavy atom. The summed E-state index contributed by atoms with van der Waals surface area (Å²) >= 11 is 0. The van der Waals surface area contributed by atoms with Crippen LogP contribution < -0.4 is 5.32 Å². The molecule has 3 nitrogen and oxygen atoms in total. The minimum absolute atomic E-state index is 0.777. The third kappa shape index (κ3) is 5.41. The molecule has 0 bridgehead atoms. The minimum atomic E-state index is 0.777. The lowest BCUT2D eigenvalue weighted by Gasteiger charge is -2.44. The van der Waals surface area contributed by atoms with Gasteiger partial charge in [-0.2, -0.15) is 0 Å². The minimum Gasteiger partial charge on any atom is -0.316 e. The van der Waals surface area contributed by atoms with Gasteiger partial charge in [-0.3, -0.25) is 4.90 Å². The Morgan fingerprint density at radius 3 is 2.84 bits per heavy atom. The van der Waals surface area contributed by atoms with Gasteiger partial charge in [0.15, 0.2) is 0 Å². The molecule has 0 aliphatic carbocycles. The second-order valence-corrected chi connectivity index (χ2v) is 6.79. The number of rotatable bonds is 7. The molecule has 0 aromatic heterocycles. The number of unbranched alkanes of at least 4 members (excludes halogenated alkanes) is 1. The lowest BCUT2D eigenvalue weighted by atomic mass is 9.99. The van der Waals surface area contributed by atoms with Crippen LogP contribution in [-0.4, -0.2) is 61.7 Å². The Balaban J connectivity index is 1.52.